The Morgan fingerprint density at radius 1 is 1.28 bits per heavy atom. The molecule has 0 aliphatic carbocycles. The number of hydrogen-bond acceptors (Lipinski definition) is 6. The summed E-state index contributed by atoms with van der Waals surface area (Å²) in [6.07, 6.45) is 5.74. The van der Waals surface area contributed by atoms with Crippen LogP contribution in [0.4, 0.5) is 4.79 Å². The van der Waals surface area contributed by atoms with Crippen LogP contribution < -0.4 is 4.74 Å². The number of ether oxygens (including phenoxy) is 2. The maximum Gasteiger partial charge on any atom is 0.410 e. The van der Waals surface area contributed by atoms with Gasteiger partial charge in [0, 0.05) is 35.6 Å². The zero-order valence-electron chi connectivity index (χ0n) is 19.3. The minimum Gasteiger partial charge on any atom is -0.494 e. The van der Waals surface area contributed by atoms with Gasteiger partial charge in [0.15, 0.2) is 0 Å². The van der Waals surface area contributed by atoms with Crippen LogP contribution in [0, 0.1) is 18.3 Å². The van der Waals surface area contributed by atoms with Crippen molar-refractivity contribution in [2.75, 3.05) is 13.7 Å². The number of nitrogens with zero attached hydrogens (tertiary/aromatic N) is 6. The van der Waals surface area contributed by atoms with Crippen LogP contribution in [-0.4, -0.2) is 55.7 Å². The molecule has 32 heavy (non-hydrogen) atoms. The lowest BCUT2D eigenvalue weighted by Crippen LogP contribution is -2.39. The zero-order chi connectivity index (χ0) is 23.2. The van der Waals surface area contributed by atoms with E-state index in [0.29, 0.717) is 23.4 Å². The van der Waals surface area contributed by atoms with Gasteiger partial charge in [-0.3, -0.25) is 4.68 Å². The van der Waals surface area contributed by atoms with Crippen LogP contribution in [0.2, 0.25) is 0 Å². The van der Waals surface area contributed by atoms with Gasteiger partial charge >= 0.3 is 6.09 Å². The summed E-state index contributed by atoms with van der Waals surface area (Å²) in [7, 11) is 1.58. The van der Waals surface area contributed by atoms with Gasteiger partial charge in [0.1, 0.15) is 28.5 Å². The molecule has 1 aliphatic rings. The molecule has 2 atom stereocenters. The topological polar surface area (TPSA) is 97.7 Å². The van der Waals surface area contributed by atoms with E-state index in [1.165, 1.54) is 6.20 Å². The fourth-order valence-corrected chi connectivity index (χ4v) is 4.30. The average molecular weight is 437 g/mol. The summed E-state index contributed by atoms with van der Waals surface area (Å²) in [5.74, 6) is 0.578. The molecule has 0 N–H and O–H groups in total. The highest BCUT2D eigenvalue weighted by molar-refractivity contribution is 5.76. The number of aromatic nitrogens is 4. The number of amides is 1. The maximum absolute atomic E-state index is 12.6. The summed E-state index contributed by atoms with van der Waals surface area (Å²) in [6, 6.07) is 4.17. The summed E-state index contributed by atoms with van der Waals surface area (Å²) in [5, 5.41) is 18.3. The van der Waals surface area contributed by atoms with Crippen molar-refractivity contribution >= 4 is 11.6 Å². The van der Waals surface area contributed by atoms with Gasteiger partial charge in [-0.15, -0.1) is 0 Å². The molecule has 1 aliphatic heterocycles. The van der Waals surface area contributed by atoms with Gasteiger partial charge in [-0.25, -0.2) is 9.31 Å². The molecular weight excluding hydrogens is 408 g/mol. The lowest BCUT2D eigenvalue weighted by molar-refractivity contribution is 0.0234. The Morgan fingerprint density at radius 2 is 2.03 bits per heavy atom. The SMILES string of the molecule is COc1cc(-c2cnn([C@@H]3C[C@H](C)N(C(=O)OC(C)(C)C)C3)c2C)cn2ncc(C#N)c12. The number of hydrogen-bond donors (Lipinski definition) is 0. The third-order valence-corrected chi connectivity index (χ3v) is 5.80. The smallest absolute Gasteiger partial charge is 0.410 e. The second kappa shape index (κ2) is 7.86. The monoisotopic (exact) mass is 436 g/mol. The fourth-order valence-electron chi connectivity index (χ4n) is 4.30. The van der Waals surface area contributed by atoms with Crippen molar-refractivity contribution < 1.29 is 14.3 Å². The van der Waals surface area contributed by atoms with Gasteiger partial charge in [0.25, 0.3) is 0 Å². The Hall–Kier alpha value is -3.54. The third-order valence-electron chi connectivity index (χ3n) is 5.80. The first-order valence-electron chi connectivity index (χ1n) is 10.6. The summed E-state index contributed by atoms with van der Waals surface area (Å²) in [5.41, 5.74) is 3.40. The van der Waals surface area contributed by atoms with E-state index in [1.807, 2.05) is 57.8 Å². The summed E-state index contributed by atoms with van der Waals surface area (Å²) >= 11 is 0. The van der Waals surface area contributed by atoms with Crippen molar-refractivity contribution in [1.82, 2.24) is 24.3 Å². The number of rotatable bonds is 3. The number of carbonyl (C=O) groups is 1. The quantitative estimate of drug-likeness (QED) is 0.616. The van der Waals surface area contributed by atoms with Crippen molar-refractivity contribution in [2.24, 2.45) is 0 Å². The molecule has 0 aromatic carbocycles. The number of pyridine rings is 1. The van der Waals surface area contributed by atoms with Gasteiger partial charge in [0.2, 0.25) is 0 Å². The normalized spacial score (nSPS) is 18.7. The van der Waals surface area contributed by atoms with E-state index in [0.717, 1.165) is 23.2 Å². The Kier molecular flexibility index (Phi) is 5.33. The largest absolute Gasteiger partial charge is 0.494 e. The van der Waals surface area contributed by atoms with Crippen LogP contribution in [-0.2, 0) is 4.74 Å². The van der Waals surface area contributed by atoms with Crippen molar-refractivity contribution in [3.05, 3.63) is 35.9 Å². The number of methoxy groups -OCH3 is 1. The van der Waals surface area contributed by atoms with Gasteiger partial charge < -0.3 is 14.4 Å². The van der Waals surface area contributed by atoms with Crippen LogP contribution in [0.5, 0.6) is 5.75 Å². The molecule has 4 heterocycles. The molecule has 168 valence electrons. The van der Waals surface area contributed by atoms with Gasteiger partial charge in [-0.05, 0) is 47.1 Å². The van der Waals surface area contributed by atoms with Crippen molar-refractivity contribution in [3.8, 4) is 22.9 Å². The summed E-state index contributed by atoms with van der Waals surface area (Å²) in [4.78, 5) is 14.4. The Balaban J connectivity index is 1.64. The van der Waals surface area contributed by atoms with Gasteiger partial charge in [0.05, 0.1) is 25.5 Å². The van der Waals surface area contributed by atoms with Crippen LogP contribution in [0.3, 0.4) is 0 Å². The molecule has 9 nitrogen and oxygen atoms in total. The second-order valence-electron chi connectivity index (χ2n) is 9.22. The molecule has 0 bridgehead atoms. The van der Waals surface area contributed by atoms with Crippen LogP contribution in [0.25, 0.3) is 16.6 Å². The van der Waals surface area contributed by atoms with Crippen LogP contribution in [0.1, 0.15) is 51.4 Å². The van der Waals surface area contributed by atoms with Crippen molar-refractivity contribution in [3.63, 3.8) is 0 Å². The average Bonchev–Trinajstić information content (AvgIpc) is 3.42. The number of carbonyl (C=O) groups excluding carboxylic acids is 1. The summed E-state index contributed by atoms with van der Waals surface area (Å²) in [6.45, 7) is 10.2. The van der Waals surface area contributed by atoms with E-state index in [4.69, 9.17) is 9.47 Å². The van der Waals surface area contributed by atoms with E-state index < -0.39 is 5.60 Å². The number of fused-ring (bicyclic) bond motifs is 1. The Labute approximate surface area is 187 Å². The molecule has 3 aromatic heterocycles. The Bertz CT molecular complexity index is 1210. The lowest BCUT2D eigenvalue weighted by Gasteiger charge is -2.26. The molecule has 9 heteroatoms. The zero-order valence-corrected chi connectivity index (χ0v) is 19.3. The Morgan fingerprint density at radius 3 is 2.69 bits per heavy atom. The maximum atomic E-state index is 12.6. The van der Waals surface area contributed by atoms with Crippen molar-refractivity contribution in [1.29, 1.82) is 5.26 Å². The molecule has 4 rings (SSSR count). The number of likely N-dealkylation sites (tertiary alicyclic amines) is 1. The van der Waals surface area contributed by atoms with Crippen LogP contribution in [0.15, 0.2) is 24.7 Å². The molecule has 1 fully saturated rings. The minimum absolute atomic E-state index is 0.0618. The van der Waals surface area contributed by atoms with Crippen molar-refractivity contribution in [2.45, 2.75) is 58.7 Å². The molecule has 1 saturated heterocycles. The van der Waals surface area contributed by atoms with Gasteiger partial charge in [-0.2, -0.15) is 15.5 Å². The highest BCUT2D eigenvalue weighted by Crippen LogP contribution is 2.34. The van der Waals surface area contributed by atoms with E-state index in [2.05, 4.69) is 16.3 Å². The minimum atomic E-state index is -0.528. The fraction of sp³-hybridized carbons (Fsp3) is 0.478. The molecule has 3 aromatic rings. The highest BCUT2D eigenvalue weighted by Gasteiger charge is 2.37. The van der Waals surface area contributed by atoms with E-state index in [1.54, 1.807) is 16.5 Å². The predicted molar refractivity (Wildman–Crippen MR) is 118 cm³/mol. The molecule has 1 amide bonds. The van der Waals surface area contributed by atoms with E-state index in [9.17, 15) is 10.1 Å². The summed E-state index contributed by atoms with van der Waals surface area (Å²) < 4.78 is 14.7. The van der Waals surface area contributed by atoms with Crippen LogP contribution >= 0.6 is 0 Å². The first-order valence-corrected chi connectivity index (χ1v) is 10.6. The molecule has 0 saturated carbocycles. The number of nitriles is 1. The molecule has 0 unspecified atom stereocenters. The van der Waals surface area contributed by atoms with Gasteiger partial charge in [-0.1, -0.05) is 0 Å². The third kappa shape index (κ3) is 3.77. The predicted octanol–water partition coefficient (Wildman–Crippen LogP) is 3.96. The first kappa shape index (κ1) is 21.7. The lowest BCUT2D eigenvalue weighted by atomic mass is 10.1. The molecule has 0 spiro atoms. The first-order chi connectivity index (χ1) is 15.1. The molecular formula is C23H28N6O3. The standard InChI is InChI=1S/C23H28N6O3/c1-14-7-18(13-27(14)22(30)32-23(3,4)5)29-15(2)19(11-26-29)16-8-20(31-6)21-17(9-24)10-25-28(21)12-16/h8,10-12,14,18H,7,13H2,1-6H3/t14-,18+/m0/s1. The highest BCUT2D eigenvalue weighted by atomic mass is 16.6. The van der Waals surface area contributed by atoms with E-state index in [-0.39, 0.29) is 18.2 Å². The second-order valence-corrected chi connectivity index (χ2v) is 9.22. The van der Waals surface area contributed by atoms with E-state index >= 15 is 0 Å². The molecule has 0 radical (unpaired) electrons.